The van der Waals surface area contributed by atoms with E-state index in [4.69, 9.17) is 0 Å². The van der Waals surface area contributed by atoms with Crippen LogP contribution in [0.2, 0.25) is 0 Å². The van der Waals surface area contributed by atoms with Gasteiger partial charge in [0.25, 0.3) is 5.56 Å². The first kappa shape index (κ1) is 11.6. The van der Waals surface area contributed by atoms with E-state index in [1.54, 1.807) is 12.3 Å². The molecule has 2 heterocycles. The highest BCUT2D eigenvalue weighted by Crippen LogP contribution is 2.16. The third kappa shape index (κ3) is 2.27. The van der Waals surface area contributed by atoms with Gasteiger partial charge in [-0.1, -0.05) is 13.8 Å². The number of aromatic amines is 1. The molecule has 0 aromatic carbocycles. The predicted octanol–water partition coefficient (Wildman–Crippen LogP) is 1.78. The Balaban J connectivity index is 2.56. The summed E-state index contributed by atoms with van der Waals surface area (Å²) in [5.41, 5.74) is 1.52. The smallest absolute Gasteiger partial charge is 0.251 e. The van der Waals surface area contributed by atoms with E-state index in [1.165, 1.54) is 0 Å². The van der Waals surface area contributed by atoms with Gasteiger partial charge in [-0.15, -0.1) is 0 Å². The van der Waals surface area contributed by atoms with Crippen molar-refractivity contribution < 1.29 is 0 Å². The Morgan fingerprint density at radius 2 is 2.24 bits per heavy atom. The van der Waals surface area contributed by atoms with Crippen LogP contribution in [0.15, 0.2) is 23.1 Å². The molecule has 0 aliphatic rings. The van der Waals surface area contributed by atoms with E-state index >= 15 is 0 Å². The van der Waals surface area contributed by atoms with Crippen molar-refractivity contribution in [2.75, 3.05) is 0 Å². The lowest BCUT2D eigenvalue weighted by atomic mass is 10.1. The number of hydrogen-bond donors (Lipinski definition) is 1. The minimum Gasteiger partial charge on any atom is -0.305 e. The molecule has 0 atom stereocenters. The van der Waals surface area contributed by atoms with Gasteiger partial charge in [0.15, 0.2) is 5.82 Å². The summed E-state index contributed by atoms with van der Waals surface area (Å²) in [4.78, 5) is 18.8. The Hall–Kier alpha value is -1.91. The zero-order valence-electron chi connectivity index (χ0n) is 10.3. The molecule has 0 unspecified atom stereocenters. The van der Waals surface area contributed by atoms with Crippen LogP contribution in [0.1, 0.15) is 32.4 Å². The van der Waals surface area contributed by atoms with E-state index in [9.17, 15) is 4.79 Å². The molecule has 90 valence electrons. The van der Waals surface area contributed by atoms with Gasteiger partial charge in [-0.25, -0.2) is 4.98 Å². The summed E-state index contributed by atoms with van der Waals surface area (Å²) in [5, 5.41) is 4.17. The Morgan fingerprint density at radius 3 is 2.88 bits per heavy atom. The van der Waals surface area contributed by atoms with Crippen LogP contribution >= 0.6 is 0 Å². The largest absolute Gasteiger partial charge is 0.305 e. The van der Waals surface area contributed by atoms with E-state index in [-0.39, 0.29) is 11.5 Å². The fourth-order valence-electron chi connectivity index (χ4n) is 1.68. The minimum atomic E-state index is -0.123. The lowest BCUT2D eigenvalue weighted by Gasteiger charge is -2.07. The van der Waals surface area contributed by atoms with Gasteiger partial charge in [0, 0.05) is 18.8 Å². The number of nitrogens with one attached hydrogen (secondary N) is 1. The van der Waals surface area contributed by atoms with Crippen LogP contribution in [-0.2, 0) is 6.54 Å². The molecule has 0 radical (unpaired) electrons. The van der Waals surface area contributed by atoms with E-state index in [1.807, 2.05) is 31.5 Å². The quantitative estimate of drug-likeness (QED) is 0.877. The van der Waals surface area contributed by atoms with Crippen LogP contribution in [0, 0.1) is 0 Å². The van der Waals surface area contributed by atoms with Crippen molar-refractivity contribution in [3.8, 4) is 11.5 Å². The van der Waals surface area contributed by atoms with Crippen molar-refractivity contribution >= 4 is 0 Å². The van der Waals surface area contributed by atoms with Gasteiger partial charge in [-0.2, -0.15) is 5.10 Å². The monoisotopic (exact) mass is 232 g/mol. The lowest BCUT2D eigenvalue weighted by Crippen LogP contribution is -2.13. The molecule has 0 aliphatic carbocycles. The second kappa shape index (κ2) is 4.53. The molecule has 1 N–H and O–H groups in total. The Morgan fingerprint density at radius 1 is 1.47 bits per heavy atom. The van der Waals surface area contributed by atoms with Gasteiger partial charge in [-0.05, 0) is 18.9 Å². The summed E-state index contributed by atoms with van der Waals surface area (Å²) in [6.45, 7) is 6.78. The van der Waals surface area contributed by atoms with E-state index in [2.05, 4.69) is 15.1 Å². The molecule has 0 amide bonds. The third-order valence-electron chi connectivity index (χ3n) is 2.61. The molecule has 17 heavy (non-hydrogen) atoms. The Kier molecular flexibility index (Phi) is 3.08. The summed E-state index contributed by atoms with van der Waals surface area (Å²) in [7, 11) is 0. The average molecular weight is 232 g/mol. The number of hydrogen-bond acceptors (Lipinski definition) is 3. The zero-order chi connectivity index (χ0) is 12.4. The summed E-state index contributed by atoms with van der Waals surface area (Å²) in [6, 6.07) is 3.40. The highest BCUT2D eigenvalue weighted by Gasteiger charge is 2.10. The van der Waals surface area contributed by atoms with E-state index in [0.717, 1.165) is 17.9 Å². The van der Waals surface area contributed by atoms with E-state index in [0.29, 0.717) is 5.82 Å². The summed E-state index contributed by atoms with van der Waals surface area (Å²) < 4.78 is 1.81. The highest BCUT2D eigenvalue weighted by atomic mass is 16.1. The van der Waals surface area contributed by atoms with Gasteiger partial charge >= 0.3 is 0 Å². The summed E-state index contributed by atoms with van der Waals surface area (Å²) >= 11 is 0. The SMILES string of the molecule is CCn1nccc1-c1nc(C(C)C)cc(=O)[nH]1. The van der Waals surface area contributed by atoms with Gasteiger partial charge in [0.05, 0.1) is 5.69 Å². The van der Waals surface area contributed by atoms with Crippen molar-refractivity contribution in [3.05, 3.63) is 34.4 Å². The van der Waals surface area contributed by atoms with Crippen LogP contribution in [0.4, 0.5) is 0 Å². The predicted molar refractivity (Wildman–Crippen MR) is 65.8 cm³/mol. The second-order valence-corrected chi connectivity index (χ2v) is 4.21. The summed E-state index contributed by atoms with van der Waals surface area (Å²) in [6.07, 6.45) is 1.71. The molecular weight excluding hydrogens is 216 g/mol. The highest BCUT2D eigenvalue weighted by molar-refractivity contribution is 5.48. The maximum atomic E-state index is 11.6. The van der Waals surface area contributed by atoms with Crippen molar-refractivity contribution in [2.45, 2.75) is 33.2 Å². The number of aromatic nitrogens is 4. The fraction of sp³-hybridized carbons (Fsp3) is 0.417. The van der Waals surface area contributed by atoms with Gasteiger partial charge in [-0.3, -0.25) is 9.48 Å². The first-order valence-corrected chi connectivity index (χ1v) is 5.75. The molecule has 2 aromatic rings. The average Bonchev–Trinajstić information content (AvgIpc) is 2.76. The zero-order valence-corrected chi connectivity index (χ0v) is 10.3. The molecule has 5 nitrogen and oxygen atoms in total. The maximum absolute atomic E-state index is 11.6. The molecule has 0 saturated heterocycles. The second-order valence-electron chi connectivity index (χ2n) is 4.21. The van der Waals surface area contributed by atoms with Crippen LogP contribution in [0.25, 0.3) is 11.5 Å². The molecular formula is C12H16N4O. The molecule has 0 saturated carbocycles. The van der Waals surface area contributed by atoms with Crippen LogP contribution in [0.3, 0.4) is 0 Å². The molecule has 0 aliphatic heterocycles. The standard InChI is InChI=1S/C12H16N4O/c1-4-16-10(5-6-13-16)12-14-9(8(2)3)7-11(17)15-12/h5-8H,4H2,1-3H3,(H,14,15,17). The van der Waals surface area contributed by atoms with Crippen molar-refractivity contribution in [3.63, 3.8) is 0 Å². The first-order chi connectivity index (χ1) is 8.11. The molecule has 5 heteroatoms. The van der Waals surface area contributed by atoms with Gasteiger partial charge in [0.1, 0.15) is 5.69 Å². The van der Waals surface area contributed by atoms with Crippen LogP contribution in [-0.4, -0.2) is 19.7 Å². The molecule has 0 fully saturated rings. The van der Waals surface area contributed by atoms with Crippen molar-refractivity contribution in [1.29, 1.82) is 0 Å². The summed E-state index contributed by atoms with van der Waals surface area (Å²) in [5.74, 6) is 0.814. The van der Waals surface area contributed by atoms with Crippen molar-refractivity contribution in [2.24, 2.45) is 0 Å². The normalized spacial score (nSPS) is 11.1. The third-order valence-corrected chi connectivity index (χ3v) is 2.61. The molecule has 2 rings (SSSR count). The molecule has 0 spiro atoms. The van der Waals surface area contributed by atoms with Gasteiger partial charge < -0.3 is 4.98 Å². The number of H-pyrrole nitrogens is 1. The molecule has 2 aromatic heterocycles. The molecule has 0 bridgehead atoms. The first-order valence-electron chi connectivity index (χ1n) is 5.75. The number of rotatable bonds is 3. The Bertz CT molecular complexity index is 568. The van der Waals surface area contributed by atoms with Crippen molar-refractivity contribution in [1.82, 2.24) is 19.7 Å². The van der Waals surface area contributed by atoms with E-state index < -0.39 is 0 Å². The fourth-order valence-corrected chi connectivity index (χ4v) is 1.68. The minimum absolute atomic E-state index is 0.123. The number of aryl methyl sites for hydroxylation is 1. The topological polar surface area (TPSA) is 63.6 Å². The maximum Gasteiger partial charge on any atom is 0.251 e. The van der Waals surface area contributed by atoms with Crippen LogP contribution in [0.5, 0.6) is 0 Å². The Labute approximate surface area is 99.5 Å². The van der Waals surface area contributed by atoms with Gasteiger partial charge in [0.2, 0.25) is 0 Å². The lowest BCUT2D eigenvalue weighted by molar-refractivity contribution is 0.662. The van der Waals surface area contributed by atoms with Crippen LogP contribution < -0.4 is 5.56 Å². The number of nitrogens with zero attached hydrogens (tertiary/aromatic N) is 3.